The van der Waals surface area contributed by atoms with Crippen LogP contribution in [0.15, 0.2) is 73.4 Å². The summed E-state index contributed by atoms with van der Waals surface area (Å²) in [6.45, 7) is 10.6. The smallest absolute Gasteiger partial charge is 0.330 e. The van der Waals surface area contributed by atoms with Crippen molar-refractivity contribution in [1.82, 2.24) is 24.7 Å². The third-order valence-corrected chi connectivity index (χ3v) is 8.44. The second kappa shape index (κ2) is 12.3. The summed E-state index contributed by atoms with van der Waals surface area (Å²) in [6.07, 6.45) is 4.80. The standard InChI is InChI=1S/C32H38N8O2/c1-3-29(41)38-16-14-28(23-38)40-30-25(22-39(32(40)42)27-7-5-4-6-8-27)21-33-31(35-30)34-26-11-9-24(10-12-26)13-15-37-19-17-36(2)18-20-37/h3-12,21,28H,1,13-20,22-23H2,2H3,(H,33,34,35)/t28-/m0/s1. The highest BCUT2D eigenvalue weighted by molar-refractivity contribution is 6.06. The highest BCUT2D eigenvalue weighted by Gasteiger charge is 2.40. The Morgan fingerprint density at radius 3 is 2.55 bits per heavy atom. The van der Waals surface area contributed by atoms with Crippen molar-refractivity contribution in [3.05, 3.63) is 84.6 Å². The Labute approximate surface area is 247 Å². The van der Waals surface area contributed by atoms with Crippen molar-refractivity contribution in [2.24, 2.45) is 0 Å². The molecule has 3 aliphatic rings. The number of carbonyl (C=O) groups is 2. The minimum atomic E-state index is -0.200. The van der Waals surface area contributed by atoms with E-state index in [0.29, 0.717) is 37.8 Å². The van der Waals surface area contributed by atoms with Crippen molar-refractivity contribution in [3.63, 3.8) is 0 Å². The van der Waals surface area contributed by atoms with Gasteiger partial charge >= 0.3 is 6.03 Å². The lowest BCUT2D eigenvalue weighted by Crippen LogP contribution is -2.53. The van der Waals surface area contributed by atoms with E-state index < -0.39 is 0 Å². The number of fused-ring (bicyclic) bond motifs is 1. The van der Waals surface area contributed by atoms with Crippen LogP contribution in [0.25, 0.3) is 0 Å². The number of amides is 3. The monoisotopic (exact) mass is 566 g/mol. The lowest BCUT2D eigenvalue weighted by Gasteiger charge is -2.39. The zero-order valence-electron chi connectivity index (χ0n) is 24.2. The molecule has 1 atom stereocenters. The zero-order chi connectivity index (χ0) is 29.1. The Hall–Kier alpha value is -4.28. The Kier molecular flexibility index (Phi) is 8.16. The Morgan fingerprint density at radius 2 is 1.81 bits per heavy atom. The number of hydrogen-bond donors (Lipinski definition) is 1. The van der Waals surface area contributed by atoms with Crippen molar-refractivity contribution in [2.45, 2.75) is 25.4 Å². The molecule has 0 bridgehead atoms. The SMILES string of the molecule is C=CC(=O)N1CC[C@H](N2C(=O)N(c3ccccc3)Cc3cnc(Nc4ccc(CCN5CCN(C)CC5)cc4)nc32)C1. The van der Waals surface area contributed by atoms with Gasteiger partial charge in [0.15, 0.2) is 0 Å². The molecular weight excluding hydrogens is 528 g/mol. The summed E-state index contributed by atoms with van der Waals surface area (Å²) in [4.78, 5) is 45.9. The normalized spacial score (nSPS) is 19.6. The highest BCUT2D eigenvalue weighted by Crippen LogP contribution is 2.34. The zero-order valence-corrected chi connectivity index (χ0v) is 24.2. The first kappa shape index (κ1) is 27.9. The summed E-state index contributed by atoms with van der Waals surface area (Å²) < 4.78 is 0. The van der Waals surface area contributed by atoms with Crippen molar-refractivity contribution in [2.75, 3.05) is 68.0 Å². The Morgan fingerprint density at radius 1 is 1.05 bits per heavy atom. The number of likely N-dealkylation sites (N-methyl/N-ethyl adjacent to an activating group) is 1. The van der Waals surface area contributed by atoms with E-state index in [1.807, 2.05) is 30.3 Å². The van der Waals surface area contributed by atoms with Gasteiger partial charge in [0.25, 0.3) is 0 Å². The number of hydrogen-bond acceptors (Lipinski definition) is 7. The van der Waals surface area contributed by atoms with E-state index in [9.17, 15) is 9.59 Å². The number of urea groups is 1. The first-order valence-electron chi connectivity index (χ1n) is 14.7. The summed E-state index contributed by atoms with van der Waals surface area (Å²) in [6, 6.07) is 17.7. The van der Waals surface area contributed by atoms with Crippen LogP contribution in [-0.4, -0.2) is 95.5 Å². The maximum absolute atomic E-state index is 14.0. The van der Waals surface area contributed by atoms with Gasteiger partial charge in [-0.3, -0.25) is 14.6 Å². The number of carbonyl (C=O) groups excluding carboxylic acids is 2. The molecule has 0 saturated carbocycles. The molecule has 0 aliphatic carbocycles. The van der Waals surface area contributed by atoms with Gasteiger partial charge in [0, 0.05) is 68.9 Å². The van der Waals surface area contributed by atoms with Gasteiger partial charge in [-0.1, -0.05) is 36.9 Å². The molecule has 0 radical (unpaired) electrons. The quantitative estimate of drug-likeness (QED) is 0.416. The van der Waals surface area contributed by atoms with Crippen LogP contribution >= 0.6 is 0 Å². The van der Waals surface area contributed by atoms with Crippen molar-refractivity contribution >= 4 is 35.1 Å². The molecule has 10 nitrogen and oxygen atoms in total. The van der Waals surface area contributed by atoms with Crippen molar-refractivity contribution in [3.8, 4) is 0 Å². The fourth-order valence-electron chi connectivity index (χ4n) is 5.90. The number of nitrogens with one attached hydrogen (secondary N) is 1. The molecular formula is C32H38N8O2. The van der Waals surface area contributed by atoms with E-state index in [1.54, 1.807) is 20.9 Å². The fourth-order valence-corrected chi connectivity index (χ4v) is 5.90. The van der Waals surface area contributed by atoms with Crippen LogP contribution in [0.5, 0.6) is 0 Å². The van der Waals surface area contributed by atoms with E-state index in [0.717, 1.165) is 56.1 Å². The van der Waals surface area contributed by atoms with Crippen molar-refractivity contribution in [1.29, 1.82) is 0 Å². The summed E-state index contributed by atoms with van der Waals surface area (Å²) in [5.41, 5.74) is 3.85. The van der Waals surface area contributed by atoms with E-state index in [1.165, 1.54) is 11.6 Å². The van der Waals surface area contributed by atoms with E-state index in [4.69, 9.17) is 4.98 Å². The average Bonchev–Trinajstić information content (AvgIpc) is 3.51. The van der Waals surface area contributed by atoms with Gasteiger partial charge in [0.1, 0.15) is 5.82 Å². The number of anilines is 4. The Balaban J connectivity index is 1.20. The number of benzene rings is 2. The third kappa shape index (κ3) is 6.00. The molecule has 0 spiro atoms. The number of rotatable bonds is 8. The maximum Gasteiger partial charge on any atom is 0.330 e. The average molecular weight is 567 g/mol. The van der Waals surface area contributed by atoms with Crippen LogP contribution in [0.4, 0.5) is 27.9 Å². The van der Waals surface area contributed by atoms with E-state index >= 15 is 0 Å². The molecule has 4 heterocycles. The molecule has 0 unspecified atom stereocenters. The molecule has 2 aromatic carbocycles. The minimum Gasteiger partial charge on any atom is -0.337 e. The lowest BCUT2D eigenvalue weighted by atomic mass is 10.1. The number of para-hydroxylation sites is 1. The highest BCUT2D eigenvalue weighted by atomic mass is 16.2. The van der Waals surface area contributed by atoms with E-state index in [2.05, 4.69) is 58.0 Å². The van der Waals surface area contributed by atoms with Gasteiger partial charge in [0.05, 0.1) is 12.6 Å². The van der Waals surface area contributed by atoms with Crippen molar-refractivity contribution < 1.29 is 9.59 Å². The van der Waals surface area contributed by atoms with Gasteiger partial charge in [-0.05, 0) is 55.8 Å². The summed E-state index contributed by atoms with van der Waals surface area (Å²) in [7, 11) is 2.18. The largest absolute Gasteiger partial charge is 0.337 e. The van der Waals surface area contributed by atoms with Gasteiger partial charge < -0.3 is 20.0 Å². The predicted molar refractivity (Wildman–Crippen MR) is 165 cm³/mol. The first-order valence-corrected chi connectivity index (χ1v) is 14.7. The predicted octanol–water partition coefficient (Wildman–Crippen LogP) is 3.74. The van der Waals surface area contributed by atoms with Gasteiger partial charge in [-0.15, -0.1) is 0 Å². The molecule has 218 valence electrons. The Bertz CT molecular complexity index is 1420. The molecule has 2 saturated heterocycles. The fraction of sp³-hybridized carbons (Fsp3) is 0.375. The molecule has 10 heteroatoms. The molecule has 6 rings (SSSR count). The van der Waals surface area contributed by atoms with Gasteiger partial charge in [-0.2, -0.15) is 4.98 Å². The molecule has 3 amide bonds. The van der Waals surface area contributed by atoms with Gasteiger partial charge in [-0.25, -0.2) is 9.78 Å². The van der Waals surface area contributed by atoms with Gasteiger partial charge in [0.2, 0.25) is 11.9 Å². The number of likely N-dealkylation sites (tertiary alicyclic amines) is 1. The topological polar surface area (TPSA) is 88.1 Å². The van der Waals surface area contributed by atoms with E-state index in [-0.39, 0.29) is 18.0 Å². The van der Waals surface area contributed by atoms with Crippen LogP contribution < -0.4 is 15.1 Å². The third-order valence-electron chi connectivity index (χ3n) is 8.44. The molecule has 1 N–H and O–H groups in total. The molecule has 2 fully saturated rings. The van der Waals surface area contributed by atoms with Crippen LogP contribution in [-0.2, 0) is 17.8 Å². The number of nitrogens with zero attached hydrogens (tertiary/aromatic N) is 7. The number of aromatic nitrogens is 2. The minimum absolute atomic E-state index is 0.126. The molecule has 42 heavy (non-hydrogen) atoms. The molecule has 3 aliphatic heterocycles. The lowest BCUT2D eigenvalue weighted by molar-refractivity contribution is -0.125. The maximum atomic E-state index is 14.0. The number of piperazine rings is 1. The summed E-state index contributed by atoms with van der Waals surface area (Å²) in [5, 5.41) is 3.33. The van der Waals surface area contributed by atoms with Crippen LogP contribution in [0.2, 0.25) is 0 Å². The first-order chi connectivity index (χ1) is 20.5. The van der Waals surface area contributed by atoms with Crippen LogP contribution in [0.3, 0.4) is 0 Å². The second-order valence-electron chi connectivity index (χ2n) is 11.3. The summed E-state index contributed by atoms with van der Waals surface area (Å²) in [5.74, 6) is 0.896. The van der Waals surface area contributed by atoms with Crippen LogP contribution in [0.1, 0.15) is 17.5 Å². The van der Waals surface area contributed by atoms with Crippen LogP contribution in [0, 0.1) is 0 Å². The molecule has 1 aromatic heterocycles. The molecule has 3 aromatic rings. The second-order valence-corrected chi connectivity index (χ2v) is 11.3. The summed E-state index contributed by atoms with van der Waals surface area (Å²) >= 11 is 0.